The van der Waals surface area contributed by atoms with Crippen LogP contribution in [0.15, 0.2) is 42.5 Å². The second kappa shape index (κ2) is 11.4. The molecule has 2 unspecified atom stereocenters. The summed E-state index contributed by atoms with van der Waals surface area (Å²) in [5.41, 5.74) is 1.56. The van der Waals surface area contributed by atoms with Crippen molar-refractivity contribution >= 4 is 40.8 Å². The van der Waals surface area contributed by atoms with Crippen LogP contribution in [0.5, 0.6) is 0 Å². The summed E-state index contributed by atoms with van der Waals surface area (Å²) in [5.74, 6) is 0.159. The van der Waals surface area contributed by atoms with E-state index in [1.807, 2.05) is 36.4 Å². The van der Waals surface area contributed by atoms with Crippen LogP contribution in [0.25, 0.3) is 0 Å². The van der Waals surface area contributed by atoms with Crippen molar-refractivity contribution in [2.75, 3.05) is 44.7 Å². The Labute approximate surface area is 223 Å². The summed E-state index contributed by atoms with van der Waals surface area (Å²) in [5, 5.41) is 7.32. The normalized spacial score (nSPS) is 20.4. The summed E-state index contributed by atoms with van der Waals surface area (Å²) >= 11 is 12.6. The lowest BCUT2D eigenvalue weighted by Crippen LogP contribution is -2.59. The van der Waals surface area contributed by atoms with E-state index < -0.39 is 5.54 Å². The molecule has 2 atom stereocenters. The second-order valence-corrected chi connectivity index (χ2v) is 10.7. The first-order valence-electron chi connectivity index (χ1n) is 12.5. The molecule has 0 aliphatic carbocycles. The van der Waals surface area contributed by atoms with Crippen molar-refractivity contribution in [2.45, 2.75) is 38.8 Å². The molecule has 2 aliphatic rings. The molecule has 0 radical (unpaired) electrons. The van der Waals surface area contributed by atoms with Gasteiger partial charge in [-0.05, 0) is 42.7 Å². The number of halogens is 2. The quantitative estimate of drug-likeness (QED) is 0.513. The maximum absolute atomic E-state index is 13.9. The number of urea groups is 1. The average Bonchev–Trinajstić information content (AvgIpc) is 3.12. The van der Waals surface area contributed by atoms with Gasteiger partial charge in [0, 0.05) is 59.9 Å². The van der Waals surface area contributed by atoms with Gasteiger partial charge in [-0.15, -0.1) is 0 Å². The molecule has 9 heteroatoms. The highest BCUT2D eigenvalue weighted by Gasteiger charge is 2.52. The molecule has 0 aromatic heterocycles. The van der Waals surface area contributed by atoms with Crippen LogP contribution >= 0.6 is 23.2 Å². The Morgan fingerprint density at radius 3 is 2.56 bits per heavy atom. The Balaban J connectivity index is 1.69. The number of ether oxygens (including phenoxy) is 1. The molecule has 2 aliphatic heterocycles. The highest BCUT2D eigenvalue weighted by Crippen LogP contribution is 2.45. The van der Waals surface area contributed by atoms with Crippen molar-refractivity contribution in [2.24, 2.45) is 5.92 Å². The fourth-order valence-electron chi connectivity index (χ4n) is 5.10. The highest BCUT2D eigenvalue weighted by atomic mass is 35.5. The molecular formula is C27H34Cl2N4O3. The Hall–Kier alpha value is -2.32. The number of hydrogen-bond donors (Lipinski definition) is 2. The van der Waals surface area contributed by atoms with Gasteiger partial charge in [0.1, 0.15) is 5.54 Å². The lowest BCUT2D eigenvalue weighted by atomic mass is 9.81. The van der Waals surface area contributed by atoms with Crippen LogP contribution < -0.4 is 10.6 Å². The number of amides is 3. The van der Waals surface area contributed by atoms with Crippen LogP contribution in [0.1, 0.15) is 31.9 Å². The van der Waals surface area contributed by atoms with E-state index in [1.54, 1.807) is 11.0 Å². The third-order valence-corrected chi connectivity index (χ3v) is 7.74. The molecule has 2 aromatic carbocycles. The monoisotopic (exact) mass is 532 g/mol. The molecule has 194 valence electrons. The van der Waals surface area contributed by atoms with Crippen LogP contribution in [0.2, 0.25) is 10.0 Å². The summed E-state index contributed by atoms with van der Waals surface area (Å²) in [6, 6.07) is 13.1. The minimum absolute atomic E-state index is 0.0388. The molecule has 7 nitrogen and oxygen atoms in total. The molecular weight excluding hydrogens is 499 g/mol. The van der Waals surface area contributed by atoms with E-state index >= 15 is 0 Å². The summed E-state index contributed by atoms with van der Waals surface area (Å²) < 4.78 is 5.36. The molecule has 1 saturated heterocycles. The van der Waals surface area contributed by atoms with Gasteiger partial charge in [0.05, 0.1) is 13.2 Å². The Kier molecular flexibility index (Phi) is 8.45. The summed E-state index contributed by atoms with van der Waals surface area (Å²) in [6.07, 6.45) is 0.433. The third-order valence-electron chi connectivity index (χ3n) is 7.27. The topological polar surface area (TPSA) is 73.9 Å². The molecule has 3 amide bonds. The third kappa shape index (κ3) is 5.49. The number of anilines is 1. The van der Waals surface area contributed by atoms with Crippen molar-refractivity contribution in [3.8, 4) is 0 Å². The van der Waals surface area contributed by atoms with E-state index in [1.165, 1.54) is 0 Å². The fourth-order valence-corrected chi connectivity index (χ4v) is 5.48. The maximum atomic E-state index is 13.9. The van der Waals surface area contributed by atoms with Gasteiger partial charge >= 0.3 is 6.03 Å². The van der Waals surface area contributed by atoms with Crippen molar-refractivity contribution < 1.29 is 14.3 Å². The zero-order valence-corrected chi connectivity index (χ0v) is 22.5. The number of fused-ring (bicyclic) bond motifs is 1. The molecule has 1 fully saturated rings. The van der Waals surface area contributed by atoms with Gasteiger partial charge in [-0.3, -0.25) is 9.69 Å². The molecule has 0 saturated carbocycles. The van der Waals surface area contributed by atoms with Crippen LogP contribution in [0.4, 0.5) is 10.5 Å². The first-order valence-corrected chi connectivity index (χ1v) is 13.2. The van der Waals surface area contributed by atoms with Gasteiger partial charge in [0.2, 0.25) is 5.91 Å². The van der Waals surface area contributed by atoms with E-state index in [2.05, 4.69) is 36.3 Å². The molecule has 0 spiro atoms. The Bertz CT molecular complexity index is 1110. The number of benzene rings is 2. The van der Waals surface area contributed by atoms with Gasteiger partial charge in [-0.2, -0.15) is 0 Å². The minimum Gasteiger partial charge on any atom is -0.378 e. The average molecular weight is 534 g/mol. The molecule has 2 heterocycles. The van der Waals surface area contributed by atoms with Crippen molar-refractivity contribution in [1.29, 1.82) is 0 Å². The number of carbonyl (C=O) groups is 2. The maximum Gasteiger partial charge on any atom is 0.317 e. The highest BCUT2D eigenvalue weighted by molar-refractivity contribution is 6.31. The predicted molar refractivity (Wildman–Crippen MR) is 144 cm³/mol. The number of carbonyl (C=O) groups excluding carboxylic acids is 2. The predicted octanol–water partition coefficient (Wildman–Crippen LogP) is 4.77. The zero-order chi connectivity index (χ0) is 25.9. The number of nitrogens with zero attached hydrogens (tertiary/aromatic N) is 2. The fraction of sp³-hybridized carbons (Fsp3) is 0.481. The first-order chi connectivity index (χ1) is 17.2. The lowest BCUT2D eigenvalue weighted by molar-refractivity contribution is -0.130. The minimum atomic E-state index is -0.988. The zero-order valence-electron chi connectivity index (χ0n) is 21.0. The summed E-state index contributed by atoms with van der Waals surface area (Å²) in [7, 11) is 0. The smallest absolute Gasteiger partial charge is 0.317 e. The first kappa shape index (κ1) is 26.7. The van der Waals surface area contributed by atoms with E-state index in [4.69, 9.17) is 27.9 Å². The lowest BCUT2D eigenvalue weighted by Gasteiger charge is -2.45. The Morgan fingerprint density at radius 2 is 1.86 bits per heavy atom. The van der Waals surface area contributed by atoms with E-state index in [0.29, 0.717) is 61.5 Å². The van der Waals surface area contributed by atoms with Gasteiger partial charge in [0.15, 0.2) is 0 Å². The van der Waals surface area contributed by atoms with Gasteiger partial charge in [-0.1, -0.05) is 55.2 Å². The van der Waals surface area contributed by atoms with Crippen molar-refractivity contribution in [3.63, 3.8) is 0 Å². The van der Waals surface area contributed by atoms with Crippen LogP contribution in [-0.4, -0.2) is 67.2 Å². The van der Waals surface area contributed by atoms with E-state index in [0.717, 1.165) is 11.1 Å². The standard InChI is InChI=1S/C27H34Cl2N4O3/c1-18(2)19(3)33(10-9-30-26(35)32-11-13-36-14-12-32)27(17-20-5-4-6-21(28)15-20)23-8-7-22(29)16-24(23)31-25(27)34/h4-8,15-16,18-19H,9-14,17H2,1-3H3,(H,30,35)(H,31,34). The van der Waals surface area contributed by atoms with E-state index in [-0.39, 0.29) is 23.9 Å². The Morgan fingerprint density at radius 1 is 1.14 bits per heavy atom. The van der Waals surface area contributed by atoms with Gasteiger partial charge in [-0.25, -0.2) is 4.79 Å². The SMILES string of the molecule is CC(C)C(C)N(CCNC(=O)N1CCOCC1)C1(Cc2cccc(Cl)c2)C(=O)Nc2cc(Cl)ccc21. The number of nitrogens with one attached hydrogen (secondary N) is 2. The molecule has 2 N–H and O–H groups in total. The number of hydrogen-bond acceptors (Lipinski definition) is 4. The molecule has 36 heavy (non-hydrogen) atoms. The molecule has 2 aromatic rings. The van der Waals surface area contributed by atoms with Crippen molar-refractivity contribution in [1.82, 2.24) is 15.1 Å². The van der Waals surface area contributed by atoms with Crippen LogP contribution in [0, 0.1) is 5.92 Å². The number of rotatable bonds is 8. The largest absolute Gasteiger partial charge is 0.378 e. The van der Waals surface area contributed by atoms with E-state index in [9.17, 15) is 9.59 Å². The number of morpholine rings is 1. The summed E-state index contributed by atoms with van der Waals surface area (Å²) in [6.45, 7) is 9.57. The van der Waals surface area contributed by atoms with Crippen molar-refractivity contribution in [3.05, 3.63) is 63.6 Å². The van der Waals surface area contributed by atoms with Crippen LogP contribution in [-0.2, 0) is 21.5 Å². The molecule has 4 rings (SSSR count). The molecule has 0 bridgehead atoms. The summed E-state index contributed by atoms with van der Waals surface area (Å²) in [4.78, 5) is 30.7. The second-order valence-electron chi connectivity index (χ2n) is 9.82. The van der Waals surface area contributed by atoms with Gasteiger partial charge < -0.3 is 20.3 Å². The van der Waals surface area contributed by atoms with Crippen LogP contribution in [0.3, 0.4) is 0 Å². The van der Waals surface area contributed by atoms with Gasteiger partial charge in [0.25, 0.3) is 0 Å².